The molecule has 0 saturated carbocycles. The van der Waals surface area contributed by atoms with Gasteiger partial charge in [0.15, 0.2) is 0 Å². The number of hydrogen-bond donors (Lipinski definition) is 2. The first-order valence-corrected chi connectivity index (χ1v) is 7.25. The number of benzene rings is 2. The van der Waals surface area contributed by atoms with E-state index >= 15 is 0 Å². The molecule has 2 aromatic rings. The molecule has 0 aliphatic carbocycles. The molecule has 0 spiro atoms. The van der Waals surface area contributed by atoms with Gasteiger partial charge in [0.05, 0.1) is 11.1 Å². The summed E-state index contributed by atoms with van der Waals surface area (Å²) in [5, 5.41) is 0.404. The lowest BCUT2D eigenvalue weighted by atomic mass is 10.2. The van der Waals surface area contributed by atoms with Crippen LogP contribution in [-0.4, -0.2) is 11.8 Å². The van der Waals surface area contributed by atoms with Crippen LogP contribution in [0.3, 0.4) is 0 Å². The van der Waals surface area contributed by atoms with E-state index in [9.17, 15) is 14.0 Å². The van der Waals surface area contributed by atoms with Gasteiger partial charge in [0.1, 0.15) is 5.82 Å². The molecule has 0 aromatic heterocycles. The molecule has 0 radical (unpaired) electrons. The third kappa shape index (κ3) is 3.92. The second-order valence-electron chi connectivity index (χ2n) is 4.01. The summed E-state index contributed by atoms with van der Waals surface area (Å²) in [6, 6.07) is 10.3. The van der Waals surface area contributed by atoms with E-state index in [4.69, 9.17) is 11.6 Å². The molecular formula is C14H9ClFIN2O2. The Labute approximate surface area is 138 Å². The van der Waals surface area contributed by atoms with Crippen molar-refractivity contribution in [3.63, 3.8) is 0 Å². The van der Waals surface area contributed by atoms with E-state index in [1.165, 1.54) is 24.3 Å². The molecule has 0 aliphatic rings. The van der Waals surface area contributed by atoms with E-state index < -0.39 is 17.6 Å². The summed E-state index contributed by atoms with van der Waals surface area (Å²) >= 11 is 7.79. The Morgan fingerprint density at radius 1 is 1.00 bits per heavy atom. The van der Waals surface area contributed by atoms with Crippen molar-refractivity contribution in [2.45, 2.75) is 0 Å². The molecule has 7 heteroatoms. The molecular weight excluding hydrogens is 410 g/mol. The summed E-state index contributed by atoms with van der Waals surface area (Å²) in [6.45, 7) is 0. The highest BCUT2D eigenvalue weighted by Gasteiger charge is 2.14. The number of hydrazine groups is 1. The average molecular weight is 419 g/mol. The lowest BCUT2D eigenvalue weighted by molar-refractivity contribution is 0.0844. The van der Waals surface area contributed by atoms with Crippen molar-refractivity contribution in [2.75, 3.05) is 0 Å². The molecule has 2 rings (SSSR count). The standard InChI is InChI=1S/C14H9ClFIN2O2/c15-8-5-6-12(17)10(7-8)14(21)19-18-13(20)9-3-1-2-4-11(9)16/h1-7H,(H,18,20)(H,19,21). The van der Waals surface area contributed by atoms with Crippen LogP contribution in [-0.2, 0) is 0 Å². The summed E-state index contributed by atoms with van der Waals surface area (Å²) in [5.74, 6) is -1.94. The topological polar surface area (TPSA) is 58.2 Å². The summed E-state index contributed by atoms with van der Waals surface area (Å²) in [7, 11) is 0. The van der Waals surface area contributed by atoms with Gasteiger partial charge in [0, 0.05) is 8.59 Å². The SMILES string of the molecule is O=C(NNC(=O)c1cc(Cl)ccc1I)c1ccccc1F. The zero-order valence-corrected chi connectivity index (χ0v) is 13.4. The largest absolute Gasteiger partial charge is 0.272 e. The van der Waals surface area contributed by atoms with Gasteiger partial charge >= 0.3 is 0 Å². The van der Waals surface area contributed by atoms with Crippen LogP contribution in [0, 0.1) is 9.39 Å². The van der Waals surface area contributed by atoms with Crippen LogP contribution in [0.15, 0.2) is 42.5 Å². The number of carbonyl (C=O) groups is 2. The minimum atomic E-state index is -0.738. The zero-order valence-electron chi connectivity index (χ0n) is 10.5. The molecule has 0 heterocycles. The molecule has 0 unspecified atom stereocenters. The van der Waals surface area contributed by atoms with Gasteiger partial charge in [-0.2, -0.15) is 0 Å². The molecule has 2 amide bonds. The van der Waals surface area contributed by atoms with Crippen LogP contribution < -0.4 is 10.9 Å². The lowest BCUT2D eigenvalue weighted by Gasteiger charge is -2.09. The first-order chi connectivity index (χ1) is 9.99. The van der Waals surface area contributed by atoms with Crippen molar-refractivity contribution in [1.82, 2.24) is 10.9 Å². The van der Waals surface area contributed by atoms with E-state index in [0.29, 0.717) is 14.2 Å². The second-order valence-corrected chi connectivity index (χ2v) is 5.61. The fourth-order valence-corrected chi connectivity index (χ4v) is 2.32. The maximum absolute atomic E-state index is 13.4. The number of hydrogen-bond acceptors (Lipinski definition) is 2. The maximum Gasteiger partial charge on any atom is 0.272 e. The molecule has 0 saturated heterocycles. The summed E-state index contributed by atoms with van der Waals surface area (Å²) in [4.78, 5) is 23.7. The van der Waals surface area contributed by atoms with Gasteiger partial charge in [0.25, 0.3) is 11.8 Å². The Balaban J connectivity index is 2.06. The first kappa shape index (κ1) is 15.7. The van der Waals surface area contributed by atoms with Crippen LogP contribution >= 0.6 is 34.2 Å². The lowest BCUT2D eigenvalue weighted by Crippen LogP contribution is -2.42. The molecule has 0 atom stereocenters. The minimum absolute atomic E-state index is 0.154. The zero-order chi connectivity index (χ0) is 15.4. The van der Waals surface area contributed by atoms with Crippen LogP contribution in [0.2, 0.25) is 5.02 Å². The second kappa shape index (κ2) is 6.86. The van der Waals surface area contributed by atoms with Crippen molar-refractivity contribution < 1.29 is 14.0 Å². The van der Waals surface area contributed by atoms with Gasteiger partial charge in [-0.15, -0.1) is 0 Å². The summed E-state index contributed by atoms with van der Waals surface area (Å²) in [5.41, 5.74) is 4.55. The van der Waals surface area contributed by atoms with Crippen molar-refractivity contribution in [3.05, 3.63) is 68.0 Å². The van der Waals surface area contributed by atoms with Crippen molar-refractivity contribution in [2.24, 2.45) is 0 Å². The third-order valence-electron chi connectivity index (χ3n) is 2.58. The molecule has 0 aliphatic heterocycles. The fraction of sp³-hybridized carbons (Fsp3) is 0. The van der Waals surface area contributed by atoms with E-state index in [2.05, 4.69) is 10.9 Å². The summed E-state index contributed by atoms with van der Waals surface area (Å²) < 4.78 is 14.1. The third-order valence-corrected chi connectivity index (χ3v) is 3.76. The number of amides is 2. The molecule has 2 aromatic carbocycles. The van der Waals surface area contributed by atoms with Crippen LogP contribution in [0.4, 0.5) is 4.39 Å². The normalized spacial score (nSPS) is 10.0. The van der Waals surface area contributed by atoms with Crippen LogP contribution in [0.5, 0.6) is 0 Å². The highest BCUT2D eigenvalue weighted by atomic mass is 127. The van der Waals surface area contributed by atoms with Gasteiger partial charge in [-0.3, -0.25) is 20.4 Å². The Morgan fingerprint density at radius 2 is 1.62 bits per heavy atom. The van der Waals surface area contributed by atoms with E-state index in [1.807, 2.05) is 22.6 Å². The fourth-order valence-electron chi connectivity index (χ4n) is 1.57. The maximum atomic E-state index is 13.4. The molecule has 21 heavy (non-hydrogen) atoms. The number of nitrogens with one attached hydrogen (secondary N) is 2. The Hall–Kier alpha value is -1.67. The highest BCUT2D eigenvalue weighted by Crippen LogP contribution is 2.17. The molecule has 0 bridgehead atoms. The van der Waals surface area contributed by atoms with Crippen LogP contribution in [0.25, 0.3) is 0 Å². The monoisotopic (exact) mass is 418 g/mol. The molecule has 2 N–H and O–H groups in total. The molecule has 4 nitrogen and oxygen atoms in total. The summed E-state index contributed by atoms with van der Waals surface area (Å²) in [6.07, 6.45) is 0. The highest BCUT2D eigenvalue weighted by molar-refractivity contribution is 14.1. The van der Waals surface area contributed by atoms with Crippen molar-refractivity contribution >= 4 is 46.0 Å². The quantitative estimate of drug-likeness (QED) is 0.581. The van der Waals surface area contributed by atoms with Gasteiger partial charge in [-0.25, -0.2) is 4.39 Å². The minimum Gasteiger partial charge on any atom is -0.267 e. The van der Waals surface area contributed by atoms with E-state index in [-0.39, 0.29) is 5.56 Å². The smallest absolute Gasteiger partial charge is 0.267 e. The Bertz CT molecular complexity index is 709. The first-order valence-electron chi connectivity index (χ1n) is 5.79. The number of carbonyl (C=O) groups excluding carboxylic acids is 2. The molecule has 108 valence electrons. The van der Waals surface area contributed by atoms with Crippen molar-refractivity contribution in [3.8, 4) is 0 Å². The Morgan fingerprint density at radius 3 is 2.29 bits per heavy atom. The van der Waals surface area contributed by atoms with Gasteiger partial charge in [-0.1, -0.05) is 23.7 Å². The van der Waals surface area contributed by atoms with E-state index in [1.54, 1.807) is 12.1 Å². The van der Waals surface area contributed by atoms with Crippen molar-refractivity contribution in [1.29, 1.82) is 0 Å². The van der Waals surface area contributed by atoms with Crippen LogP contribution in [0.1, 0.15) is 20.7 Å². The Kier molecular flexibility index (Phi) is 5.13. The van der Waals surface area contributed by atoms with E-state index in [0.717, 1.165) is 6.07 Å². The number of rotatable bonds is 2. The predicted octanol–water partition coefficient (Wildman–Crippen LogP) is 3.16. The van der Waals surface area contributed by atoms with Gasteiger partial charge in [0.2, 0.25) is 0 Å². The van der Waals surface area contributed by atoms with Gasteiger partial charge < -0.3 is 0 Å². The average Bonchev–Trinajstić information content (AvgIpc) is 2.47. The van der Waals surface area contributed by atoms with Gasteiger partial charge in [-0.05, 0) is 52.9 Å². The predicted molar refractivity (Wildman–Crippen MR) is 85.5 cm³/mol. The number of halogens is 3. The molecule has 0 fully saturated rings.